The van der Waals surface area contributed by atoms with Gasteiger partial charge in [-0.3, -0.25) is 8.98 Å². The van der Waals surface area contributed by atoms with E-state index in [1.54, 1.807) is 19.1 Å². The predicted molar refractivity (Wildman–Crippen MR) is 111 cm³/mol. The van der Waals surface area contributed by atoms with Crippen LogP contribution in [0.25, 0.3) is 0 Å². The summed E-state index contributed by atoms with van der Waals surface area (Å²) in [6, 6.07) is 4.50. The van der Waals surface area contributed by atoms with Crippen LogP contribution in [-0.4, -0.2) is 92.7 Å². The van der Waals surface area contributed by atoms with E-state index < -0.39 is 71.3 Å². The number of aryl methyl sites for hydroxylation is 1. The van der Waals surface area contributed by atoms with Crippen molar-refractivity contribution in [1.29, 1.82) is 0 Å². The molecule has 1 aromatic rings. The van der Waals surface area contributed by atoms with Gasteiger partial charge in [0.15, 0.2) is 0 Å². The third kappa shape index (κ3) is 6.26. The van der Waals surface area contributed by atoms with Gasteiger partial charge in [-0.2, -0.15) is 8.42 Å². The van der Waals surface area contributed by atoms with Crippen molar-refractivity contribution < 1.29 is 51.7 Å². The average Bonchev–Trinajstić information content (AvgIpc) is 2.77. The van der Waals surface area contributed by atoms with E-state index in [-0.39, 0.29) is 4.90 Å². The highest BCUT2D eigenvalue weighted by molar-refractivity contribution is 7.86. The molecule has 0 spiro atoms. The van der Waals surface area contributed by atoms with Gasteiger partial charge in [0.1, 0.15) is 18.3 Å². The molecular formula is C20H29NO11S. The Balaban J connectivity index is 2.23. The van der Waals surface area contributed by atoms with Gasteiger partial charge in [-0.15, -0.1) is 0 Å². The van der Waals surface area contributed by atoms with Gasteiger partial charge in [-0.25, -0.2) is 4.79 Å². The third-order valence-corrected chi connectivity index (χ3v) is 6.50. The number of amides is 1. The molecule has 0 aliphatic carbocycles. The Morgan fingerprint density at radius 2 is 1.85 bits per heavy atom. The average molecular weight is 492 g/mol. The molecule has 0 saturated carbocycles. The van der Waals surface area contributed by atoms with Crippen LogP contribution in [0, 0.1) is 6.92 Å². The number of hydrogen-bond acceptors (Lipinski definition) is 11. The molecule has 1 aliphatic heterocycles. The van der Waals surface area contributed by atoms with Crippen molar-refractivity contribution in [3.8, 4) is 0 Å². The number of nitrogens with one attached hydrogen (secondary N) is 1. The molecule has 1 aliphatic rings. The highest BCUT2D eigenvalue weighted by Crippen LogP contribution is 2.33. The Morgan fingerprint density at radius 3 is 2.36 bits per heavy atom. The quantitative estimate of drug-likeness (QED) is 0.236. The fourth-order valence-corrected chi connectivity index (χ4v) is 4.33. The summed E-state index contributed by atoms with van der Waals surface area (Å²) in [5, 5.41) is 34.1. The molecule has 12 nitrogen and oxygen atoms in total. The highest BCUT2D eigenvalue weighted by atomic mass is 32.2. The first kappa shape index (κ1) is 27.1. The van der Waals surface area contributed by atoms with Crippen molar-refractivity contribution in [3.63, 3.8) is 0 Å². The molecule has 4 N–H and O–H groups in total. The lowest BCUT2D eigenvalue weighted by Crippen LogP contribution is -2.67. The number of aliphatic hydroxyl groups is 3. The van der Waals surface area contributed by atoms with Gasteiger partial charge in [0, 0.05) is 20.5 Å². The summed E-state index contributed by atoms with van der Waals surface area (Å²) in [6.07, 6.45) is -7.27. The SMILES string of the molecule is COC(=O)[C@]1(OC)C[C@H](O)[C@@H](NC(C)=O)[C@H]([C@H](O)[C@H](O)COS(=O)(=O)c2ccc(C)cc2)O1. The molecular weight excluding hydrogens is 462 g/mol. The van der Waals surface area contributed by atoms with Crippen molar-refractivity contribution in [2.45, 2.75) is 61.4 Å². The molecule has 0 radical (unpaired) electrons. The first-order valence-corrected chi connectivity index (χ1v) is 11.4. The number of ether oxygens (including phenoxy) is 3. The topological polar surface area (TPSA) is 178 Å². The number of carbonyl (C=O) groups excluding carboxylic acids is 2. The van der Waals surface area contributed by atoms with Crippen LogP contribution in [0.1, 0.15) is 18.9 Å². The number of methoxy groups -OCH3 is 2. The zero-order valence-electron chi connectivity index (χ0n) is 18.6. The lowest BCUT2D eigenvalue weighted by molar-refractivity contribution is -0.304. The minimum absolute atomic E-state index is 0.153. The summed E-state index contributed by atoms with van der Waals surface area (Å²) in [5.74, 6) is -3.74. The fourth-order valence-electron chi connectivity index (χ4n) is 3.41. The van der Waals surface area contributed by atoms with E-state index in [1.807, 2.05) is 0 Å². The summed E-state index contributed by atoms with van der Waals surface area (Å²) in [7, 11) is -2.09. The third-order valence-electron chi connectivity index (χ3n) is 5.20. The number of carbonyl (C=O) groups is 2. The fraction of sp³-hybridized carbons (Fsp3) is 0.600. The van der Waals surface area contributed by atoms with E-state index in [1.165, 1.54) is 12.1 Å². The molecule has 6 atom stereocenters. The molecule has 33 heavy (non-hydrogen) atoms. The van der Waals surface area contributed by atoms with E-state index >= 15 is 0 Å². The minimum Gasteiger partial charge on any atom is -0.465 e. The molecule has 0 bridgehead atoms. The second-order valence-electron chi connectivity index (χ2n) is 7.64. The Morgan fingerprint density at radius 1 is 1.24 bits per heavy atom. The van der Waals surface area contributed by atoms with Crippen molar-refractivity contribution in [1.82, 2.24) is 5.32 Å². The monoisotopic (exact) mass is 491 g/mol. The summed E-state index contributed by atoms with van der Waals surface area (Å²) in [6.45, 7) is 2.05. The Bertz CT molecular complexity index is 936. The zero-order valence-corrected chi connectivity index (χ0v) is 19.4. The van der Waals surface area contributed by atoms with Crippen LogP contribution in [0.3, 0.4) is 0 Å². The Hall–Kier alpha value is -2.13. The van der Waals surface area contributed by atoms with Gasteiger partial charge in [-0.05, 0) is 19.1 Å². The maximum atomic E-state index is 12.4. The van der Waals surface area contributed by atoms with Crippen LogP contribution >= 0.6 is 0 Å². The molecule has 13 heteroatoms. The van der Waals surface area contributed by atoms with E-state index in [4.69, 9.17) is 13.7 Å². The van der Waals surface area contributed by atoms with E-state index in [0.29, 0.717) is 0 Å². The maximum absolute atomic E-state index is 12.4. The van der Waals surface area contributed by atoms with Crippen LogP contribution in [0.4, 0.5) is 0 Å². The summed E-state index contributed by atoms with van der Waals surface area (Å²) in [5.41, 5.74) is 0.827. The van der Waals surface area contributed by atoms with Crippen LogP contribution in [0.2, 0.25) is 0 Å². The molecule has 1 heterocycles. The van der Waals surface area contributed by atoms with Crippen molar-refractivity contribution in [2.75, 3.05) is 20.8 Å². The molecule has 1 saturated heterocycles. The molecule has 0 unspecified atom stereocenters. The largest absolute Gasteiger partial charge is 0.465 e. The van der Waals surface area contributed by atoms with Crippen LogP contribution in [0.15, 0.2) is 29.2 Å². The summed E-state index contributed by atoms with van der Waals surface area (Å²) in [4.78, 5) is 23.7. The van der Waals surface area contributed by atoms with Crippen molar-refractivity contribution >= 4 is 22.0 Å². The molecule has 0 aromatic heterocycles. The lowest BCUT2D eigenvalue weighted by atomic mass is 9.88. The molecule has 1 fully saturated rings. The summed E-state index contributed by atoms with van der Waals surface area (Å²) >= 11 is 0. The minimum atomic E-state index is -4.25. The number of rotatable bonds is 9. The van der Waals surface area contributed by atoms with Crippen molar-refractivity contribution in [2.24, 2.45) is 0 Å². The first-order valence-electron chi connectivity index (χ1n) is 9.95. The second-order valence-corrected chi connectivity index (χ2v) is 9.25. The van der Waals surface area contributed by atoms with Gasteiger partial charge in [-0.1, -0.05) is 17.7 Å². The Labute approximate surface area is 191 Å². The molecule has 1 amide bonds. The van der Waals surface area contributed by atoms with Gasteiger partial charge in [0.25, 0.3) is 15.9 Å². The molecule has 186 valence electrons. The van der Waals surface area contributed by atoms with Gasteiger partial charge >= 0.3 is 5.97 Å². The number of esters is 1. The lowest BCUT2D eigenvalue weighted by Gasteiger charge is -2.46. The van der Waals surface area contributed by atoms with Crippen LogP contribution < -0.4 is 5.32 Å². The van der Waals surface area contributed by atoms with E-state index in [0.717, 1.165) is 26.7 Å². The number of benzene rings is 1. The zero-order chi connectivity index (χ0) is 25.0. The van der Waals surface area contributed by atoms with E-state index in [9.17, 15) is 33.3 Å². The Kier molecular flexibility index (Phi) is 8.93. The van der Waals surface area contributed by atoms with Gasteiger partial charge < -0.3 is 34.8 Å². The molecule has 2 rings (SSSR count). The number of aliphatic hydroxyl groups excluding tert-OH is 3. The van der Waals surface area contributed by atoms with Gasteiger partial charge in [0.2, 0.25) is 5.91 Å². The summed E-state index contributed by atoms with van der Waals surface area (Å²) < 4.78 is 44.9. The van der Waals surface area contributed by atoms with Crippen LogP contribution in [0.5, 0.6) is 0 Å². The number of hydrogen-bond donors (Lipinski definition) is 4. The predicted octanol–water partition coefficient (Wildman–Crippen LogP) is -1.41. The van der Waals surface area contributed by atoms with Crippen LogP contribution in [-0.2, 0) is 38.1 Å². The smallest absolute Gasteiger partial charge is 0.366 e. The second kappa shape index (κ2) is 10.9. The standard InChI is InChI=1S/C20H29NO11S/c1-11-5-7-13(8-6-11)33(27,28)31-10-15(24)17(25)18-16(21-12(2)22)14(23)9-20(30-4,32-18)19(26)29-3/h5-8,14-18,23-25H,9-10H2,1-4H3,(H,21,22)/t14-,15+,16+,17+,18+,20-/m0/s1. The normalized spacial score (nSPS) is 27.4. The first-order chi connectivity index (χ1) is 15.4. The van der Waals surface area contributed by atoms with Gasteiger partial charge in [0.05, 0.1) is 30.8 Å². The molecule has 1 aromatic carbocycles. The van der Waals surface area contributed by atoms with E-state index in [2.05, 4.69) is 10.1 Å². The van der Waals surface area contributed by atoms with Crippen molar-refractivity contribution in [3.05, 3.63) is 29.8 Å². The maximum Gasteiger partial charge on any atom is 0.366 e. The highest BCUT2D eigenvalue weighted by Gasteiger charge is 2.55.